The number of rotatable bonds is 5. The minimum Gasteiger partial charge on any atom is -0.482 e. The maximum atomic E-state index is 12.2. The van der Waals surface area contributed by atoms with Crippen LogP contribution in [0.25, 0.3) is 10.2 Å². The third-order valence-electron chi connectivity index (χ3n) is 3.60. The molecule has 0 aliphatic carbocycles. The van der Waals surface area contributed by atoms with E-state index in [9.17, 15) is 9.59 Å². The second-order valence-corrected chi connectivity index (χ2v) is 8.36. The molecule has 2 aromatic carbocycles. The summed E-state index contributed by atoms with van der Waals surface area (Å²) in [7, 11) is 1.33. The van der Waals surface area contributed by atoms with Crippen LogP contribution >= 0.6 is 43.2 Å². The molecule has 0 unspecified atom stereocenters. The van der Waals surface area contributed by atoms with E-state index in [0.29, 0.717) is 22.0 Å². The second kappa shape index (κ2) is 8.37. The van der Waals surface area contributed by atoms with Gasteiger partial charge in [0.25, 0.3) is 5.91 Å². The third-order valence-corrected chi connectivity index (χ3v) is 5.58. The average molecular weight is 514 g/mol. The Labute approximate surface area is 176 Å². The summed E-state index contributed by atoms with van der Waals surface area (Å²) in [6, 6.07) is 8.80. The standard InChI is InChI=1S/C18H14Br2N2O4S/c1-9-5-11(19)7-12(20)16(9)26-8-15(23)22-18-21-13-4-3-10(17(24)25-2)6-14(13)27-18/h3-7H,8H2,1-2H3,(H,21,22,23). The van der Waals surface area contributed by atoms with Gasteiger partial charge in [-0.15, -0.1) is 0 Å². The van der Waals surface area contributed by atoms with Crippen molar-refractivity contribution >= 4 is 70.4 Å². The molecular formula is C18H14Br2N2O4S. The topological polar surface area (TPSA) is 77.5 Å². The number of fused-ring (bicyclic) bond motifs is 1. The molecule has 0 atom stereocenters. The highest BCUT2D eigenvalue weighted by molar-refractivity contribution is 9.11. The number of aromatic nitrogens is 1. The number of hydrogen-bond donors (Lipinski definition) is 1. The number of nitrogens with one attached hydrogen (secondary N) is 1. The second-order valence-electron chi connectivity index (χ2n) is 5.56. The lowest BCUT2D eigenvalue weighted by atomic mass is 10.2. The Bertz CT molecular complexity index is 1010. The van der Waals surface area contributed by atoms with E-state index in [-0.39, 0.29) is 12.5 Å². The van der Waals surface area contributed by atoms with Gasteiger partial charge >= 0.3 is 5.97 Å². The molecule has 0 bridgehead atoms. The molecule has 3 aromatic rings. The Morgan fingerprint density at radius 3 is 2.70 bits per heavy atom. The quantitative estimate of drug-likeness (QED) is 0.489. The zero-order valence-corrected chi connectivity index (χ0v) is 18.3. The summed E-state index contributed by atoms with van der Waals surface area (Å²) in [6.07, 6.45) is 0. The molecule has 1 heterocycles. The molecule has 140 valence electrons. The Kier molecular flexibility index (Phi) is 6.13. The van der Waals surface area contributed by atoms with Crippen molar-refractivity contribution in [3.05, 3.63) is 50.4 Å². The Morgan fingerprint density at radius 1 is 1.22 bits per heavy atom. The van der Waals surface area contributed by atoms with Gasteiger partial charge in [-0.25, -0.2) is 9.78 Å². The predicted octanol–water partition coefficient (Wildman–Crippen LogP) is 4.93. The number of carbonyl (C=O) groups is 2. The van der Waals surface area contributed by atoms with E-state index in [1.807, 2.05) is 19.1 Å². The first kappa shape index (κ1) is 19.8. The molecule has 0 saturated heterocycles. The summed E-state index contributed by atoms with van der Waals surface area (Å²) >= 11 is 8.11. The molecule has 0 saturated carbocycles. The van der Waals surface area contributed by atoms with E-state index < -0.39 is 5.97 Å². The van der Waals surface area contributed by atoms with Gasteiger partial charge < -0.3 is 9.47 Å². The summed E-state index contributed by atoms with van der Waals surface area (Å²) in [6.45, 7) is 1.75. The highest BCUT2D eigenvalue weighted by Gasteiger charge is 2.13. The number of benzene rings is 2. The van der Waals surface area contributed by atoms with E-state index >= 15 is 0 Å². The summed E-state index contributed by atoms with van der Waals surface area (Å²) in [5.74, 6) is -0.128. The number of anilines is 1. The van der Waals surface area contributed by atoms with Gasteiger partial charge in [0.05, 0.1) is 27.4 Å². The number of amides is 1. The molecule has 6 nitrogen and oxygen atoms in total. The normalized spacial score (nSPS) is 10.7. The first-order valence-corrected chi connectivity index (χ1v) is 10.1. The Hall–Kier alpha value is -1.97. The smallest absolute Gasteiger partial charge is 0.337 e. The van der Waals surface area contributed by atoms with Crippen molar-refractivity contribution < 1.29 is 19.1 Å². The number of thiazole rings is 1. The SMILES string of the molecule is COC(=O)c1ccc2nc(NC(=O)COc3c(C)cc(Br)cc3Br)sc2c1. The fraction of sp³-hybridized carbons (Fsp3) is 0.167. The maximum Gasteiger partial charge on any atom is 0.337 e. The van der Waals surface area contributed by atoms with E-state index in [2.05, 4.69) is 42.2 Å². The van der Waals surface area contributed by atoms with Crippen molar-refractivity contribution in [1.29, 1.82) is 0 Å². The summed E-state index contributed by atoms with van der Waals surface area (Å²) in [5.41, 5.74) is 2.03. The number of hydrogen-bond acceptors (Lipinski definition) is 6. The van der Waals surface area contributed by atoms with Crippen LogP contribution in [0, 0.1) is 6.92 Å². The van der Waals surface area contributed by atoms with Gasteiger partial charge in [0.2, 0.25) is 0 Å². The Morgan fingerprint density at radius 2 is 2.00 bits per heavy atom. The van der Waals surface area contributed by atoms with Crippen LogP contribution in [0.15, 0.2) is 39.3 Å². The van der Waals surface area contributed by atoms with Crippen LogP contribution in [-0.2, 0) is 9.53 Å². The number of halogens is 2. The van der Waals surface area contributed by atoms with Crippen LogP contribution in [0.5, 0.6) is 5.75 Å². The van der Waals surface area contributed by atoms with Crippen LogP contribution in [-0.4, -0.2) is 30.6 Å². The zero-order chi connectivity index (χ0) is 19.6. The molecule has 0 spiro atoms. The zero-order valence-electron chi connectivity index (χ0n) is 14.3. The summed E-state index contributed by atoms with van der Waals surface area (Å²) < 4.78 is 12.8. The number of nitrogens with zero attached hydrogens (tertiary/aromatic N) is 1. The molecule has 27 heavy (non-hydrogen) atoms. The minimum atomic E-state index is -0.417. The largest absolute Gasteiger partial charge is 0.482 e. The monoisotopic (exact) mass is 512 g/mol. The van der Waals surface area contributed by atoms with Gasteiger partial charge in [-0.05, 0) is 58.7 Å². The molecule has 0 aliphatic heterocycles. The van der Waals surface area contributed by atoms with Crippen LogP contribution in [0.1, 0.15) is 15.9 Å². The van der Waals surface area contributed by atoms with Gasteiger partial charge in [-0.2, -0.15) is 0 Å². The molecule has 9 heteroatoms. The number of ether oxygens (including phenoxy) is 2. The highest BCUT2D eigenvalue weighted by Crippen LogP contribution is 2.32. The average Bonchev–Trinajstić information content (AvgIpc) is 3.01. The van der Waals surface area contributed by atoms with Crippen molar-refractivity contribution in [2.24, 2.45) is 0 Å². The van der Waals surface area contributed by atoms with Crippen molar-refractivity contribution in [1.82, 2.24) is 4.98 Å². The maximum absolute atomic E-state index is 12.2. The minimum absolute atomic E-state index is 0.148. The summed E-state index contributed by atoms with van der Waals surface area (Å²) in [5, 5.41) is 3.15. The van der Waals surface area contributed by atoms with Crippen LogP contribution in [0.4, 0.5) is 5.13 Å². The number of esters is 1. The van der Waals surface area contributed by atoms with Crippen LogP contribution < -0.4 is 10.1 Å². The van der Waals surface area contributed by atoms with Crippen molar-refractivity contribution in [3.63, 3.8) is 0 Å². The van der Waals surface area contributed by atoms with Crippen LogP contribution in [0.2, 0.25) is 0 Å². The lowest BCUT2D eigenvalue weighted by Crippen LogP contribution is -2.20. The van der Waals surface area contributed by atoms with Gasteiger partial charge in [-0.1, -0.05) is 27.3 Å². The summed E-state index contributed by atoms with van der Waals surface area (Å²) in [4.78, 5) is 28.2. The first-order chi connectivity index (χ1) is 12.9. The number of methoxy groups -OCH3 is 1. The molecule has 1 aromatic heterocycles. The lowest BCUT2D eigenvalue weighted by molar-refractivity contribution is -0.118. The molecule has 0 aliphatic rings. The van der Waals surface area contributed by atoms with E-state index in [4.69, 9.17) is 9.47 Å². The van der Waals surface area contributed by atoms with Gasteiger partial charge in [0.1, 0.15) is 5.75 Å². The Balaban J connectivity index is 1.68. The van der Waals surface area contributed by atoms with E-state index in [1.165, 1.54) is 18.4 Å². The van der Waals surface area contributed by atoms with Gasteiger partial charge in [0, 0.05) is 4.47 Å². The van der Waals surface area contributed by atoms with Crippen LogP contribution in [0.3, 0.4) is 0 Å². The number of carbonyl (C=O) groups excluding carboxylic acids is 2. The predicted molar refractivity (Wildman–Crippen MR) is 112 cm³/mol. The molecule has 3 rings (SSSR count). The third kappa shape index (κ3) is 4.66. The molecule has 1 amide bonds. The van der Waals surface area contributed by atoms with Crippen molar-refractivity contribution in [2.45, 2.75) is 6.92 Å². The highest BCUT2D eigenvalue weighted by atomic mass is 79.9. The first-order valence-electron chi connectivity index (χ1n) is 7.74. The molecular weight excluding hydrogens is 500 g/mol. The lowest BCUT2D eigenvalue weighted by Gasteiger charge is -2.11. The van der Waals surface area contributed by atoms with Crippen molar-refractivity contribution in [2.75, 3.05) is 19.0 Å². The van der Waals surface area contributed by atoms with Crippen molar-refractivity contribution in [3.8, 4) is 5.75 Å². The van der Waals surface area contributed by atoms with Gasteiger partial charge in [-0.3, -0.25) is 10.1 Å². The number of aryl methyl sites for hydroxylation is 1. The van der Waals surface area contributed by atoms with E-state index in [1.54, 1.807) is 18.2 Å². The molecule has 0 fully saturated rings. The van der Waals surface area contributed by atoms with Gasteiger partial charge in [0.15, 0.2) is 11.7 Å². The fourth-order valence-corrected chi connectivity index (χ4v) is 4.86. The molecule has 1 N–H and O–H groups in total. The molecule has 0 radical (unpaired) electrons. The van der Waals surface area contributed by atoms with E-state index in [0.717, 1.165) is 19.2 Å². The fourth-order valence-electron chi connectivity index (χ4n) is 2.39.